The summed E-state index contributed by atoms with van der Waals surface area (Å²) in [6.45, 7) is 0.196. The number of hydrogen-bond donors (Lipinski definition) is 2. The van der Waals surface area contributed by atoms with E-state index >= 15 is 0 Å². The molecular formula is C13H15F2N3O3. The van der Waals surface area contributed by atoms with Gasteiger partial charge in [-0.05, 0) is 18.1 Å². The first kappa shape index (κ1) is 15.2. The van der Waals surface area contributed by atoms with Crippen molar-refractivity contribution in [2.45, 2.75) is 12.8 Å². The number of nitrogens with one attached hydrogen (secondary N) is 1. The molecule has 1 aliphatic heterocycles. The number of anilines is 2. The minimum atomic E-state index is -2.62. The highest BCUT2D eigenvalue weighted by Gasteiger charge is 2.24. The monoisotopic (exact) mass is 299 g/mol. The molecule has 0 fully saturated rings. The van der Waals surface area contributed by atoms with Crippen LogP contribution in [-0.4, -0.2) is 31.1 Å². The summed E-state index contributed by atoms with van der Waals surface area (Å²) in [4.78, 5) is 10.5. The first-order valence-corrected chi connectivity index (χ1v) is 6.36. The average molecular weight is 299 g/mol. The van der Waals surface area contributed by atoms with E-state index in [1.807, 2.05) is 0 Å². The lowest BCUT2D eigenvalue weighted by Gasteiger charge is -2.18. The highest BCUT2D eigenvalue weighted by atomic mass is 19.3. The van der Waals surface area contributed by atoms with Crippen molar-refractivity contribution in [2.24, 2.45) is 0 Å². The molecule has 3 N–H and O–H groups in total. The Kier molecular flexibility index (Phi) is 4.69. The lowest BCUT2D eigenvalue weighted by molar-refractivity contribution is -0.383. The molecule has 0 radical (unpaired) electrons. The second-order valence-electron chi connectivity index (χ2n) is 4.51. The molecule has 0 aromatic heterocycles. The van der Waals surface area contributed by atoms with Crippen molar-refractivity contribution in [3.63, 3.8) is 0 Å². The fourth-order valence-electron chi connectivity index (χ4n) is 2.20. The number of alkyl halides is 2. The molecule has 21 heavy (non-hydrogen) atoms. The third-order valence-corrected chi connectivity index (χ3v) is 3.13. The zero-order valence-electron chi connectivity index (χ0n) is 11.1. The van der Waals surface area contributed by atoms with Crippen molar-refractivity contribution in [3.8, 4) is 0 Å². The first-order valence-electron chi connectivity index (χ1n) is 6.36. The molecule has 8 heteroatoms. The molecule has 114 valence electrons. The van der Waals surface area contributed by atoms with Crippen LogP contribution in [0.3, 0.4) is 0 Å². The summed E-state index contributed by atoms with van der Waals surface area (Å²) in [6.07, 6.45) is -0.279. The van der Waals surface area contributed by atoms with Crippen molar-refractivity contribution in [3.05, 3.63) is 33.9 Å². The van der Waals surface area contributed by atoms with Gasteiger partial charge in [-0.15, -0.1) is 0 Å². The molecule has 0 saturated heterocycles. The van der Waals surface area contributed by atoms with Gasteiger partial charge < -0.3 is 15.8 Å². The highest BCUT2D eigenvalue weighted by Crippen LogP contribution is 2.39. The molecule has 1 aromatic carbocycles. The van der Waals surface area contributed by atoms with Gasteiger partial charge in [-0.1, -0.05) is 12.1 Å². The van der Waals surface area contributed by atoms with Gasteiger partial charge in [0.2, 0.25) is 0 Å². The summed E-state index contributed by atoms with van der Waals surface area (Å²) in [5.41, 5.74) is 6.55. The number of nitrogens with two attached hydrogens (primary N) is 1. The molecule has 2 rings (SSSR count). The summed E-state index contributed by atoms with van der Waals surface area (Å²) in [5, 5.41) is 13.6. The number of rotatable bonds is 5. The predicted octanol–water partition coefficient (Wildman–Crippen LogP) is 2.66. The van der Waals surface area contributed by atoms with Gasteiger partial charge >= 0.3 is 5.69 Å². The smallest absolute Gasteiger partial charge is 0.315 e. The maximum Gasteiger partial charge on any atom is 0.315 e. The summed E-state index contributed by atoms with van der Waals surface area (Å²) in [7, 11) is 0. The maximum absolute atomic E-state index is 12.4. The van der Waals surface area contributed by atoms with E-state index in [1.54, 1.807) is 12.1 Å². The minimum Gasteiger partial charge on any atom is -0.393 e. The Hall–Kier alpha value is -2.22. The number of nitro benzene ring substituents is 1. The van der Waals surface area contributed by atoms with Gasteiger partial charge in [0, 0.05) is 5.56 Å². The standard InChI is InChI=1S/C13H15F2N3O3/c14-11(15)7-17-12-9(8-3-5-21-6-4-8)1-2-10(16)13(12)18(19)20/h1-3,11,17H,4-7,16H2. The average Bonchev–Trinajstić information content (AvgIpc) is 2.45. The van der Waals surface area contributed by atoms with Gasteiger partial charge in [-0.3, -0.25) is 10.1 Å². The Balaban J connectivity index is 2.50. The Morgan fingerprint density at radius 1 is 1.48 bits per heavy atom. The second-order valence-corrected chi connectivity index (χ2v) is 4.51. The van der Waals surface area contributed by atoms with Crippen LogP contribution in [-0.2, 0) is 4.74 Å². The van der Waals surface area contributed by atoms with Crippen LogP contribution in [0.2, 0.25) is 0 Å². The van der Waals surface area contributed by atoms with Crippen LogP contribution >= 0.6 is 0 Å². The van der Waals surface area contributed by atoms with Crippen LogP contribution in [0.4, 0.5) is 25.8 Å². The lowest BCUT2D eigenvalue weighted by atomic mass is 9.98. The Labute approximate surface area is 119 Å². The number of ether oxygens (including phenoxy) is 1. The zero-order valence-corrected chi connectivity index (χ0v) is 11.1. The van der Waals surface area contributed by atoms with Gasteiger partial charge in [0.1, 0.15) is 11.4 Å². The Morgan fingerprint density at radius 3 is 2.81 bits per heavy atom. The lowest BCUT2D eigenvalue weighted by Crippen LogP contribution is -2.15. The van der Waals surface area contributed by atoms with Crippen LogP contribution in [0.1, 0.15) is 12.0 Å². The second kappa shape index (κ2) is 6.49. The quantitative estimate of drug-likeness (QED) is 0.495. The molecule has 1 heterocycles. The molecule has 6 nitrogen and oxygen atoms in total. The molecule has 0 aliphatic carbocycles. The van der Waals surface area contributed by atoms with E-state index in [0.717, 1.165) is 5.57 Å². The van der Waals surface area contributed by atoms with Crippen LogP contribution in [0.15, 0.2) is 18.2 Å². The third-order valence-electron chi connectivity index (χ3n) is 3.13. The summed E-state index contributed by atoms with van der Waals surface area (Å²) >= 11 is 0. The number of halogens is 2. The molecule has 0 unspecified atom stereocenters. The van der Waals surface area contributed by atoms with Crippen molar-refractivity contribution in [2.75, 3.05) is 30.8 Å². The SMILES string of the molecule is Nc1ccc(C2=CCOCC2)c(NCC(F)F)c1[N+](=O)[O-]. The predicted molar refractivity (Wildman–Crippen MR) is 75.4 cm³/mol. The van der Waals surface area contributed by atoms with E-state index in [9.17, 15) is 18.9 Å². The molecular weight excluding hydrogens is 284 g/mol. The van der Waals surface area contributed by atoms with Crippen molar-refractivity contribution in [1.82, 2.24) is 0 Å². The van der Waals surface area contributed by atoms with Crippen molar-refractivity contribution in [1.29, 1.82) is 0 Å². The number of nitrogen functional groups attached to an aromatic ring is 1. The molecule has 0 atom stereocenters. The molecule has 0 saturated carbocycles. The van der Waals surface area contributed by atoms with Crippen molar-refractivity contribution >= 4 is 22.6 Å². The topological polar surface area (TPSA) is 90.4 Å². The Morgan fingerprint density at radius 2 is 2.24 bits per heavy atom. The fraction of sp³-hybridized carbons (Fsp3) is 0.385. The zero-order chi connectivity index (χ0) is 15.4. The van der Waals surface area contributed by atoms with E-state index in [4.69, 9.17) is 10.5 Å². The number of hydrogen-bond acceptors (Lipinski definition) is 5. The summed E-state index contributed by atoms with van der Waals surface area (Å²) in [5.74, 6) is 0. The third kappa shape index (κ3) is 3.46. The first-order chi connectivity index (χ1) is 10.0. The maximum atomic E-state index is 12.4. The largest absolute Gasteiger partial charge is 0.393 e. The van der Waals surface area contributed by atoms with Gasteiger partial charge in [-0.2, -0.15) is 0 Å². The molecule has 1 aromatic rings. The van der Waals surface area contributed by atoms with Gasteiger partial charge in [-0.25, -0.2) is 8.78 Å². The van der Waals surface area contributed by atoms with E-state index in [-0.39, 0.29) is 17.1 Å². The van der Waals surface area contributed by atoms with E-state index in [1.165, 1.54) is 6.07 Å². The fourth-order valence-corrected chi connectivity index (χ4v) is 2.20. The van der Waals surface area contributed by atoms with Crippen molar-refractivity contribution < 1.29 is 18.4 Å². The minimum absolute atomic E-state index is 0.0356. The van der Waals surface area contributed by atoms with E-state index < -0.39 is 17.9 Å². The van der Waals surface area contributed by atoms with E-state index in [2.05, 4.69) is 5.32 Å². The summed E-state index contributed by atoms with van der Waals surface area (Å²) in [6, 6.07) is 3.02. The summed E-state index contributed by atoms with van der Waals surface area (Å²) < 4.78 is 30.0. The molecule has 0 amide bonds. The van der Waals surface area contributed by atoms with Gasteiger partial charge in [0.05, 0.1) is 24.7 Å². The van der Waals surface area contributed by atoms with Crippen LogP contribution in [0, 0.1) is 10.1 Å². The van der Waals surface area contributed by atoms with Crippen LogP contribution in [0.5, 0.6) is 0 Å². The molecule has 0 bridgehead atoms. The van der Waals surface area contributed by atoms with Gasteiger partial charge in [0.15, 0.2) is 0 Å². The highest BCUT2D eigenvalue weighted by molar-refractivity contribution is 5.87. The van der Waals surface area contributed by atoms with E-state index in [0.29, 0.717) is 25.2 Å². The normalized spacial score (nSPS) is 14.9. The van der Waals surface area contributed by atoms with Crippen LogP contribution < -0.4 is 11.1 Å². The number of benzene rings is 1. The molecule has 0 spiro atoms. The van der Waals surface area contributed by atoms with Gasteiger partial charge in [0.25, 0.3) is 6.43 Å². The van der Waals surface area contributed by atoms with Crippen LogP contribution in [0.25, 0.3) is 5.57 Å². The number of nitrogens with zero attached hydrogens (tertiary/aromatic N) is 1. The molecule has 1 aliphatic rings. The number of nitro groups is 1. The Bertz CT molecular complexity index is 576.